The summed E-state index contributed by atoms with van der Waals surface area (Å²) in [6.45, 7) is 15.8. The van der Waals surface area contributed by atoms with Crippen molar-refractivity contribution >= 4 is 33.9 Å². The van der Waals surface area contributed by atoms with Gasteiger partial charge >= 0.3 is 0 Å². The molecule has 0 saturated carbocycles. The Morgan fingerprint density at radius 2 is 2.06 bits per heavy atom. The van der Waals surface area contributed by atoms with Gasteiger partial charge in [-0.05, 0) is 19.8 Å². The lowest BCUT2D eigenvalue weighted by atomic mass is 10.0. The Morgan fingerprint density at radius 3 is 2.44 bits per heavy atom. The maximum Gasteiger partial charge on any atom is 0.106 e. The van der Waals surface area contributed by atoms with Crippen LogP contribution in [-0.2, 0) is 0 Å². The fourth-order valence-corrected chi connectivity index (χ4v) is 2.39. The third-order valence-corrected chi connectivity index (χ3v) is 4.11. The summed E-state index contributed by atoms with van der Waals surface area (Å²) < 4.78 is 0. The van der Waals surface area contributed by atoms with Crippen LogP contribution in [0.5, 0.6) is 0 Å². The third-order valence-electron chi connectivity index (χ3n) is 2.33. The maximum atomic E-state index is 5.47. The molecule has 0 fully saturated rings. The first-order valence-corrected chi connectivity index (χ1v) is 7.44. The summed E-state index contributed by atoms with van der Waals surface area (Å²) in [5.74, 6) is 1.13. The molecule has 0 aliphatic carbocycles. The van der Waals surface area contributed by atoms with Crippen LogP contribution < -0.4 is 0 Å². The summed E-state index contributed by atoms with van der Waals surface area (Å²) in [6, 6.07) is 0. The highest BCUT2D eigenvalue weighted by atomic mass is 32.2. The van der Waals surface area contributed by atoms with E-state index in [4.69, 9.17) is 17.2 Å². The van der Waals surface area contributed by atoms with Crippen LogP contribution >= 0.6 is 24.0 Å². The Kier molecular flexibility index (Phi) is 8.12. The van der Waals surface area contributed by atoms with Crippen molar-refractivity contribution < 1.29 is 0 Å². The van der Waals surface area contributed by atoms with Crippen molar-refractivity contribution in [2.24, 2.45) is 10.9 Å². The average Bonchev–Trinajstić information content (AvgIpc) is 2.33. The molecule has 0 aliphatic heterocycles. The minimum absolute atomic E-state index is 0.315. The van der Waals surface area contributed by atoms with E-state index in [1.54, 1.807) is 11.8 Å². The average molecular weight is 281 g/mol. The molecule has 0 N–H and O–H groups in total. The van der Waals surface area contributed by atoms with E-state index >= 15 is 0 Å². The minimum Gasteiger partial charge on any atom is -0.263 e. The number of nitrogens with zero attached hydrogens (tertiary/aromatic N) is 1. The van der Waals surface area contributed by atoms with E-state index in [1.165, 1.54) is 0 Å². The molecule has 100 valence electrons. The van der Waals surface area contributed by atoms with Gasteiger partial charge in [0.1, 0.15) is 5.04 Å². The van der Waals surface area contributed by atoms with Crippen LogP contribution in [0.2, 0.25) is 0 Å². The molecule has 0 aliphatic rings. The number of allylic oxidation sites excluding steroid dienone is 1. The second-order valence-electron chi connectivity index (χ2n) is 4.47. The Bertz CT molecular complexity index is 367. The molecule has 1 nitrogen and oxygen atoms in total. The molecule has 3 heteroatoms. The smallest absolute Gasteiger partial charge is 0.106 e. The first-order valence-electron chi connectivity index (χ1n) is 6.05. The van der Waals surface area contributed by atoms with Crippen molar-refractivity contribution in [1.29, 1.82) is 0 Å². The summed E-state index contributed by atoms with van der Waals surface area (Å²) >= 11 is 7.10. The molecule has 0 amide bonds. The Hall–Kier alpha value is -0.670. The van der Waals surface area contributed by atoms with Crippen LogP contribution in [0.1, 0.15) is 27.7 Å². The second-order valence-corrected chi connectivity index (χ2v) is 5.91. The minimum atomic E-state index is -0.392. The van der Waals surface area contributed by atoms with Crippen LogP contribution in [0.25, 0.3) is 0 Å². The van der Waals surface area contributed by atoms with Crippen LogP contribution in [0.3, 0.4) is 0 Å². The molecule has 0 rings (SSSR count). The molecule has 0 aromatic carbocycles. The van der Waals surface area contributed by atoms with Gasteiger partial charge in [0.05, 0.1) is 5.54 Å². The molecule has 0 spiro atoms. The predicted octanol–water partition coefficient (Wildman–Crippen LogP) is 4.85. The molecule has 1 atom stereocenters. The Morgan fingerprint density at radius 1 is 1.44 bits per heavy atom. The highest BCUT2D eigenvalue weighted by molar-refractivity contribution is 8.17. The van der Waals surface area contributed by atoms with Crippen LogP contribution in [0.4, 0.5) is 0 Å². The van der Waals surface area contributed by atoms with E-state index in [-0.39, 0.29) is 0 Å². The second kappa shape index (κ2) is 8.44. The molecule has 0 radical (unpaired) electrons. The van der Waals surface area contributed by atoms with E-state index in [9.17, 15) is 0 Å². The van der Waals surface area contributed by atoms with Gasteiger partial charge in [0.25, 0.3) is 0 Å². The zero-order chi connectivity index (χ0) is 14.2. The first-order chi connectivity index (χ1) is 8.40. The quantitative estimate of drug-likeness (QED) is 0.286. The summed E-state index contributed by atoms with van der Waals surface area (Å²) in [5.41, 5.74) is -0.392. The molecule has 1 unspecified atom stereocenters. The number of thioether (sulfide) groups is 1. The van der Waals surface area contributed by atoms with Gasteiger partial charge in [-0.3, -0.25) is 4.99 Å². The van der Waals surface area contributed by atoms with Gasteiger partial charge in [-0.15, -0.1) is 24.9 Å². The van der Waals surface area contributed by atoms with Crippen LogP contribution in [0, 0.1) is 5.92 Å². The zero-order valence-electron chi connectivity index (χ0n) is 11.8. The number of thiocarbonyl (C=S) groups is 1. The zero-order valence-corrected chi connectivity index (χ0v) is 13.4. The van der Waals surface area contributed by atoms with Crippen molar-refractivity contribution in [3.63, 3.8) is 0 Å². The normalized spacial score (nSPS) is 15.7. The molecule has 0 aromatic heterocycles. The van der Waals surface area contributed by atoms with E-state index in [2.05, 4.69) is 27.0 Å². The van der Waals surface area contributed by atoms with Crippen LogP contribution in [-0.4, -0.2) is 21.2 Å². The Balaban J connectivity index is 5.33. The van der Waals surface area contributed by atoms with Crippen molar-refractivity contribution in [1.82, 2.24) is 0 Å². The number of rotatable bonds is 7. The monoisotopic (exact) mass is 281 g/mol. The van der Waals surface area contributed by atoms with E-state index in [0.717, 1.165) is 15.7 Å². The fourth-order valence-electron chi connectivity index (χ4n) is 1.25. The van der Waals surface area contributed by atoms with Gasteiger partial charge in [-0.1, -0.05) is 50.4 Å². The molecular formula is C15H23NS2. The highest BCUT2D eigenvalue weighted by Crippen LogP contribution is 2.20. The maximum absolute atomic E-state index is 5.47. The van der Waals surface area contributed by atoms with E-state index < -0.39 is 5.54 Å². The molecule has 0 saturated heterocycles. The molecule has 0 aromatic rings. The molecule has 0 heterocycles. The van der Waals surface area contributed by atoms with Crippen molar-refractivity contribution in [3.8, 4) is 0 Å². The fraction of sp³-hybridized carbons (Fsp3) is 0.467. The number of hydrogen-bond donors (Lipinski definition) is 0. The van der Waals surface area contributed by atoms with E-state index in [1.807, 2.05) is 38.2 Å². The molecule has 0 bridgehead atoms. The van der Waals surface area contributed by atoms with Crippen molar-refractivity contribution in [3.05, 3.63) is 37.5 Å². The number of hydrogen-bond acceptors (Lipinski definition) is 3. The standard InChI is InChI=1S/C15H23NS2/c1-7-10-15(6,9-3)16-14(18-11-8-2)13(17)12(4)5/h7-10,12H,2-3,11H2,1,4-6H3/b10-7-,16-14?. The highest BCUT2D eigenvalue weighted by Gasteiger charge is 2.19. The summed E-state index contributed by atoms with van der Waals surface area (Å²) in [5, 5.41) is 0.917. The lowest BCUT2D eigenvalue weighted by Crippen LogP contribution is -2.22. The van der Waals surface area contributed by atoms with Gasteiger partial charge in [0.2, 0.25) is 0 Å². The summed E-state index contributed by atoms with van der Waals surface area (Å²) in [6.07, 6.45) is 7.71. The van der Waals surface area contributed by atoms with Gasteiger partial charge in [-0.2, -0.15) is 0 Å². The lowest BCUT2D eigenvalue weighted by Gasteiger charge is -2.20. The van der Waals surface area contributed by atoms with Gasteiger partial charge in [0, 0.05) is 10.6 Å². The molecular weight excluding hydrogens is 258 g/mol. The van der Waals surface area contributed by atoms with Crippen molar-refractivity contribution in [2.45, 2.75) is 33.2 Å². The van der Waals surface area contributed by atoms with Gasteiger partial charge in [-0.25, -0.2) is 0 Å². The van der Waals surface area contributed by atoms with Gasteiger partial charge in [0.15, 0.2) is 0 Å². The lowest BCUT2D eigenvalue weighted by molar-refractivity contribution is 0.742. The summed E-state index contributed by atoms with van der Waals surface area (Å²) in [4.78, 5) is 5.66. The van der Waals surface area contributed by atoms with Crippen molar-refractivity contribution in [2.75, 3.05) is 5.75 Å². The topological polar surface area (TPSA) is 12.4 Å². The third kappa shape index (κ3) is 5.78. The SMILES string of the molecule is C=CCSC(=NC(C)(C=C)/C=C\C)C(=S)C(C)C. The first kappa shape index (κ1) is 17.3. The molecule has 18 heavy (non-hydrogen) atoms. The predicted molar refractivity (Wildman–Crippen MR) is 90.9 cm³/mol. The van der Waals surface area contributed by atoms with E-state index in [0.29, 0.717) is 5.92 Å². The van der Waals surface area contributed by atoms with Crippen LogP contribution in [0.15, 0.2) is 42.5 Å². The Labute approximate surface area is 121 Å². The summed E-state index contributed by atoms with van der Waals surface area (Å²) in [7, 11) is 0. The largest absolute Gasteiger partial charge is 0.263 e. The number of aliphatic imine (C=N–C) groups is 1. The van der Waals surface area contributed by atoms with Gasteiger partial charge < -0.3 is 0 Å².